The Morgan fingerprint density at radius 2 is 1.83 bits per heavy atom. The topological polar surface area (TPSA) is 21.5 Å². The molecule has 2 aromatic carbocycles. The molecule has 4 rings (SSSR count). The Kier molecular flexibility index (Phi) is 3.75. The Balaban J connectivity index is 1.46. The fourth-order valence-corrected chi connectivity index (χ4v) is 2.89. The summed E-state index contributed by atoms with van der Waals surface area (Å²) in [5, 5.41) is 0. The summed E-state index contributed by atoms with van der Waals surface area (Å²) in [6.07, 6.45) is 6.13. The second-order valence-corrected chi connectivity index (χ2v) is 6.32. The SMILES string of the molecule is Brc1ccc(COc2ccc(C3=C4C=CC=[N+]4CO3)cc2)cc1. The molecule has 0 N–H and O–H groups in total. The summed E-state index contributed by atoms with van der Waals surface area (Å²) in [7, 11) is 0. The van der Waals surface area contributed by atoms with Gasteiger partial charge in [-0.05, 0) is 42.0 Å². The highest BCUT2D eigenvalue weighted by Crippen LogP contribution is 2.29. The van der Waals surface area contributed by atoms with Crippen molar-refractivity contribution in [2.75, 3.05) is 6.73 Å². The monoisotopic (exact) mass is 368 g/mol. The van der Waals surface area contributed by atoms with Gasteiger partial charge in [-0.3, -0.25) is 0 Å². The Morgan fingerprint density at radius 3 is 2.61 bits per heavy atom. The van der Waals surface area contributed by atoms with Gasteiger partial charge in [0, 0.05) is 22.2 Å². The van der Waals surface area contributed by atoms with Gasteiger partial charge in [0.15, 0.2) is 6.21 Å². The van der Waals surface area contributed by atoms with Crippen molar-refractivity contribution in [2.24, 2.45) is 0 Å². The van der Waals surface area contributed by atoms with E-state index in [9.17, 15) is 0 Å². The smallest absolute Gasteiger partial charge is 0.293 e. The van der Waals surface area contributed by atoms with Crippen LogP contribution in [0.15, 0.2) is 70.9 Å². The van der Waals surface area contributed by atoms with Gasteiger partial charge >= 0.3 is 0 Å². The first-order valence-corrected chi connectivity index (χ1v) is 8.22. The van der Waals surface area contributed by atoms with Gasteiger partial charge in [-0.2, -0.15) is 4.58 Å². The van der Waals surface area contributed by atoms with Crippen molar-refractivity contribution in [3.63, 3.8) is 0 Å². The number of halogens is 1. The molecule has 2 aromatic rings. The molecule has 114 valence electrons. The summed E-state index contributed by atoms with van der Waals surface area (Å²) in [5.74, 6) is 1.78. The molecule has 0 bridgehead atoms. The molecule has 0 spiro atoms. The number of fused-ring (bicyclic) bond motifs is 1. The maximum absolute atomic E-state index is 5.83. The molecule has 0 aromatic heterocycles. The minimum atomic E-state index is 0.558. The standard InChI is InChI=1S/C19H15BrNO2/c20-16-7-3-14(4-8-16)12-22-17-9-5-15(6-10-17)19-18-2-1-11-21(18)13-23-19/h1-11H,12-13H2/q+1. The number of hydrogen-bond donors (Lipinski definition) is 0. The molecule has 0 radical (unpaired) electrons. The number of rotatable bonds is 4. The van der Waals surface area contributed by atoms with Gasteiger partial charge < -0.3 is 9.47 Å². The van der Waals surface area contributed by atoms with Gasteiger partial charge in [0.2, 0.25) is 5.76 Å². The summed E-state index contributed by atoms with van der Waals surface area (Å²) in [6.45, 7) is 1.14. The van der Waals surface area contributed by atoms with Crippen LogP contribution in [0.3, 0.4) is 0 Å². The second kappa shape index (κ2) is 6.05. The van der Waals surface area contributed by atoms with Crippen LogP contribution in [0.2, 0.25) is 0 Å². The van der Waals surface area contributed by atoms with E-state index in [1.54, 1.807) is 0 Å². The van der Waals surface area contributed by atoms with Crippen molar-refractivity contribution < 1.29 is 14.0 Å². The Morgan fingerprint density at radius 1 is 1.04 bits per heavy atom. The number of allylic oxidation sites excluding steroid dienone is 2. The van der Waals surface area contributed by atoms with Crippen molar-refractivity contribution in [1.29, 1.82) is 0 Å². The highest BCUT2D eigenvalue weighted by atomic mass is 79.9. The molecular formula is C19H15BrNO2+. The molecule has 4 heteroatoms. The summed E-state index contributed by atoms with van der Waals surface area (Å²) in [4.78, 5) is 0. The molecule has 0 saturated heterocycles. The molecule has 2 aliphatic rings. The van der Waals surface area contributed by atoms with E-state index in [-0.39, 0.29) is 0 Å². The maximum atomic E-state index is 5.83. The van der Waals surface area contributed by atoms with Crippen LogP contribution in [0.25, 0.3) is 5.76 Å². The van der Waals surface area contributed by atoms with Crippen LogP contribution in [-0.2, 0) is 11.3 Å². The van der Waals surface area contributed by atoms with E-state index in [4.69, 9.17) is 9.47 Å². The van der Waals surface area contributed by atoms with Gasteiger partial charge in [-0.25, -0.2) is 0 Å². The van der Waals surface area contributed by atoms with E-state index >= 15 is 0 Å². The quantitative estimate of drug-likeness (QED) is 0.748. The van der Waals surface area contributed by atoms with Crippen LogP contribution in [0.1, 0.15) is 11.1 Å². The van der Waals surface area contributed by atoms with Gasteiger partial charge in [-0.15, -0.1) is 0 Å². The average molecular weight is 369 g/mol. The van der Waals surface area contributed by atoms with Gasteiger partial charge in [0.05, 0.1) is 0 Å². The van der Waals surface area contributed by atoms with Gasteiger partial charge in [0.25, 0.3) is 12.4 Å². The van der Waals surface area contributed by atoms with Crippen molar-refractivity contribution in [3.05, 3.63) is 82.0 Å². The minimum absolute atomic E-state index is 0.558. The third-order valence-corrected chi connectivity index (χ3v) is 4.37. The average Bonchev–Trinajstić information content (AvgIpc) is 3.18. The maximum Gasteiger partial charge on any atom is 0.293 e. The lowest BCUT2D eigenvalue weighted by atomic mass is 10.1. The zero-order chi connectivity index (χ0) is 15.6. The molecule has 0 atom stereocenters. The minimum Gasteiger partial charge on any atom is -0.489 e. The van der Waals surface area contributed by atoms with E-state index < -0.39 is 0 Å². The first kappa shape index (κ1) is 14.3. The fourth-order valence-electron chi connectivity index (χ4n) is 2.62. The van der Waals surface area contributed by atoms with E-state index in [1.807, 2.05) is 48.7 Å². The van der Waals surface area contributed by atoms with E-state index in [0.29, 0.717) is 13.3 Å². The molecule has 3 nitrogen and oxygen atoms in total. The summed E-state index contributed by atoms with van der Waals surface area (Å²) < 4.78 is 14.8. The molecule has 0 amide bonds. The van der Waals surface area contributed by atoms with Crippen molar-refractivity contribution in [1.82, 2.24) is 0 Å². The molecule has 0 fully saturated rings. The van der Waals surface area contributed by atoms with Crippen molar-refractivity contribution in [3.8, 4) is 5.75 Å². The van der Waals surface area contributed by atoms with Gasteiger partial charge in [0.1, 0.15) is 12.4 Å². The molecule has 0 saturated carbocycles. The first-order valence-electron chi connectivity index (χ1n) is 7.42. The van der Waals surface area contributed by atoms with Crippen LogP contribution in [0, 0.1) is 0 Å². The van der Waals surface area contributed by atoms with Crippen LogP contribution >= 0.6 is 15.9 Å². The van der Waals surface area contributed by atoms with Crippen molar-refractivity contribution >= 4 is 27.9 Å². The largest absolute Gasteiger partial charge is 0.489 e. The molecular weight excluding hydrogens is 354 g/mol. The molecule has 23 heavy (non-hydrogen) atoms. The van der Waals surface area contributed by atoms with Crippen LogP contribution < -0.4 is 4.74 Å². The Bertz CT molecular complexity index is 817. The fraction of sp³-hybridized carbons (Fsp3) is 0.105. The molecule has 0 aliphatic carbocycles. The van der Waals surface area contributed by atoms with Crippen LogP contribution in [0.4, 0.5) is 0 Å². The normalized spacial score (nSPS) is 15.4. The third kappa shape index (κ3) is 2.94. The summed E-state index contributed by atoms with van der Waals surface area (Å²) in [6, 6.07) is 16.2. The highest BCUT2D eigenvalue weighted by Gasteiger charge is 2.29. The number of benzene rings is 2. The molecule has 2 aliphatic heterocycles. The zero-order valence-corrected chi connectivity index (χ0v) is 14.0. The lowest BCUT2D eigenvalue weighted by Crippen LogP contribution is -2.02. The summed E-state index contributed by atoms with van der Waals surface area (Å²) >= 11 is 3.43. The predicted molar refractivity (Wildman–Crippen MR) is 93.3 cm³/mol. The van der Waals surface area contributed by atoms with E-state index in [1.165, 1.54) is 0 Å². The lowest BCUT2D eigenvalue weighted by Gasteiger charge is -2.07. The predicted octanol–water partition coefficient (Wildman–Crippen LogP) is 4.34. The Labute approximate surface area is 143 Å². The Hall–Kier alpha value is -2.33. The van der Waals surface area contributed by atoms with E-state index in [2.05, 4.69) is 38.7 Å². The molecule has 2 heterocycles. The molecule has 0 unspecified atom stereocenters. The van der Waals surface area contributed by atoms with Crippen molar-refractivity contribution in [2.45, 2.75) is 6.61 Å². The number of nitrogens with zero attached hydrogens (tertiary/aromatic N) is 1. The number of hydrogen-bond acceptors (Lipinski definition) is 2. The second-order valence-electron chi connectivity index (χ2n) is 5.41. The van der Waals surface area contributed by atoms with Gasteiger partial charge in [-0.1, -0.05) is 28.1 Å². The third-order valence-electron chi connectivity index (χ3n) is 3.85. The summed E-state index contributed by atoms with van der Waals surface area (Å²) in [5.41, 5.74) is 3.33. The number of ether oxygens (including phenoxy) is 2. The van der Waals surface area contributed by atoms with Crippen LogP contribution in [0.5, 0.6) is 5.75 Å². The highest BCUT2D eigenvalue weighted by molar-refractivity contribution is 9.10. The van der Waals surface area contributed by atoms with Crippen LogP contribution in [-0.4, -0.2) is 17.5 Å². The lowest BCUT2D eigenvalue weighted by molar-refractivity contribution is -0.484. The first-order chi connectivity index (χ1) is 11.3. The van der Waals surface area contributed by atoms with E-state index in [0.717, 1.165) is 32.8 Å². The zero-order valence-electron chi connectivity index (χ0n) is 12.4.